The molecule has 2 aromatic rings. The maximum atomic E-state index is 11.7. The van der Waals surface area contributed by atoms with E-state index in [0.29, 0.717) is 0 Å². The third-order valence-corrected chi connectivity index (χ3v) is 4.78. The fraction of sp³-hybridized carbons (Fsp3) is 0.368. The van der Waals surface area contributed by atoms with Crippen LogP contribution in [0.2, 0.25) is 0 Å². The van der Waals surface area contributed by atoms with E-state index in [0.717, 1.165) is 36.8 Å². The summed E-state index contributed by atoms with van der Waals surface area (Å²) < 4.78 is 0. The summed E-state index contributed by atoms with van der Waals surface area (Å²) in [4.78, 5) is 0. The van der Waals surface area contributed by atoms with Crippen molar-refractivity contribution in [2.75, 3.05) is 0 Å². The second kappa shape index (κ2) is 6.00. The van der Waals surface area contributed by atoms with Gasteiger partial charge in [-0.2, -0.15) is 0 Å². The molecule has 2 atom stereocenters. The summed E-state index contributed by atoms with van der Waals surface area (Å²) in [5, 5.41) is 11.7. The van der Waals surface area contributed by atoms with Crippen LogP contribution in [0.3, 0.4) is 0 Å². The lowest BCUT2D eigenvalue weighted by Crippen LogP contribution is -2.48. The molecule has 0 bridgehead atoms. The average Bonchev–Trinajstić information content (AvgIpc) is 2.56. The van der Waals surface area contributed by atoms with Crippen LogP contribution in [0.4, 0.5) is 0 Å². The first-order valence-corrected chi connectivity index (χ1v) is 7.82. The van der Waals surface area contributed by atoms with Crippen LogP contribution in [0.15, 0.2) is 60.7 Å². The van der Waals surface area contributed by atoms with Crippen LogP contribution in [0, 0.1) is 5.92 Å². The summed E-state index contributed by atoms with van der Waals surface area (Å²) in [6.07, 6.45) is 4.27. The van der Waals surface area contributed by atoms with Gasteiger partial charge in [0.2, 0.25) is 0 Å². The Morgan fingerprint density at radius 1 is 0.810 bits per heavy atom. The molecule has 0 saturated heterocycles. The lowest BCUT2D eigenvalue weighted by molar-refractivity contribution is -0.00989. The molecule has 0 aliphatic heterocycles. The predicted octanol–water partition coefficient (Wildman–Crippen LogP) is 3.44. The zero-order chi connectivity index (χ0) is 14.7. The fourth-order valence-electron chi connectivity index (χ4n) is 3.66. The highest BCUT2D eigenvalue weighted by Crippen LogP contribution is 2.43. The van der Waals surface area contributed by atoms with Gasteiger partial charge in [-0.1, -0.05) is 73.5 Å². The van der Waals surface area contributed by atoms with Crippen molar-refractivity contribution in [3.63, 3.8) is 0 Å². The molecule has 3 rings (SSSR count). The van der Waals surface area contributed by atoms with Gasteiger partial charge in [-0.25, -0.2) is 0 Å². The lowest BCUT2D eigenvalue weighted by atomic mass is 9.68. The van der Waals surface area contributed by atoms with Gasteiger partial charge in [0, 0.05) is 12.0 Å². The topological polar surface area (TPSA) is 46.2 Å². The molecule has 2 nitrogen and oxygen atoms in total. The van der Waals surface area contributed by atoms with E-state index in [2.05, 4.69) is 0 Å². The Bertz CT molecular complexity index is 527. The van der Waals surface area contributed by atoms with E-state index in [1.54, 1.807) is 0 Å². The second-order valence-electron chi connectivity index (χ2n) is 6.05. The molecule has 3 N–H and O–H groups in total. The van der Waals surface area contributed by atoms with Gasteiger partial charge in [0.25, 0.3) is 0 Å². The van der Waals surface area contributed by atoms with E-state index in [9.17, 15) is 5.11 Å². The summed E-state index contributed by atoms with van der Waals surface area (Å²) in [5.41, 5.74) is 7.27. The molecule has 0 spiro atoms. The normalized spacial score (nSPS) is 23.0. The van der Waals surface area contributed by atoms with Gasteiger partial charge in [-0.3, -0.25) is 0 Å². The van der Waals surface area contributed by atoms with Crippen LogP contribution in [0.1, 0.15) is 36.8 Å². The van der Waals surface area contributed by atoms with Gasteiger partial charge in [0.1, 0.15) is 5.60 Å². The average molecular weight is 281 g/mol. The molecule has 0 amide bonds. The number of nitrogens with two attached hydrogens (primary N) is 1. The van der Waals surface area contributed by atoms with Crippen molar-refractivity contribution in [2.24, 2.45) is 11.7 Å². The number of benzene rings is 2. The summed E-state index contributed by atoms with van der Waals surface area (Å²) >= 11 is 0. The Hall–Kier alpha value is -1.64. The van der Waals surface area contributed by atoms with Crippen LogP contribution in [-0.2, 0) is 5.60 Å². The molecular formula is C19H23NO. The molecule has 1 aliphatic rings. The van der Waals surface area contributed by atoms with Crippen molar-refractivity contribution >= 4 is 0 Å². The van der Waals surface area contributed by atoms with Crippen molar-refractivity contribution in [1.29, 1.82) is 0 Å². The Kier molecular flexibility index (Phi) is 4.09. The highest BCUT2D eigenvalue weighted by Gasteiger charge is 2.43. The van der Waals surface area contributed by atoms with Gasteiger partial charge < -0.3 is 10.8 Å². The zero-order valence-corrected chi connectivity index (χ0v) is 12.3. The molecule has 0 unspecified atom stereocenters. The molecule has 0 aromatic heterocycles. The summed E-state index contributed by atoms with van der Waals surface area (Å²) in [7, 11) is 0. The molecule has 0 radical (unpaired) electrons. The van der Waals surface area contributed by atoms with Crippen LogP contribution in [-0.4, -0.2) is 11.1 Å². The molecule has 0 heterocycles. The molecule has 110 valence electrons. The van der Waals surface area contributed by atoms with Crippen LogP contribution < -0.4 is 5.73 Å². The molecular weight excluding hydrogens is 258 g/mol. The highest BCUT2D eigenvalue weighted by atomic mass is 16.3. The molecule has 1 saturated carbocycles. The molecule has 1 aliphatic carbocycles. The van der Waals surface area contributed by atoms with Crippen LogP contribution >= 0.6 is 0 Å². The number of hydrogen-bond acceptors (Lipinski definition) is 2. The highest BCUT2D eigenvalue weighted by molar-refractivity contribution is 5.37. The van der Waals surface area contributed by atoms with Gasteiger partial charge in [0.05, 0.1) is 0 Å². The maximum absolute atomic E-state index is 11.7. The van der Waals surface area contributed by atoms with E-state index in [1.165, 1.54) is 0 Å². The van der Waals surface area contributed by atoms with Crippen molar-refractivity contribution in [2.45, 2.75) is 37.3 Å². The van der Waals surface area contributed by atoms with Crippen LogP contribution in [0.25, 0.3) is 0 Å². The quantitative estimate of drug-likeness (QED) is 0.905. The Balaban J connectivity index is 2.11. The van der Waals surface area contributed by atoms with E-state index in [-0.39, 0.29) is 12.0 Å². The van der Waals surface area contributed by atoms with Crippen molar-refractivity contribution in [3.05, 3.63) is 71.8 Å². The summed E-state index contributed by atoms with van der Waals surface area (Å²) in [5.74, 6) is 0.0658. The Labute approximate surface area is 126 Å². The summed E-state index contributed by atoms with van der Waals surface area (Å²) in [6.45, 7) is 0. The smallest absolute Gasteiger partial charge is 0.119 e. The minimum atomic E-state index is -0.998. The predicted molar refractivity (Wildman–Crippen MR) is 85.8 cm³/mol. The first-order valence-electron chi connectivity index (χ1n) is 7.82. The standard InChI is InChI=1S/C19H23NO/c20-18-14-8-7-13-17(18)19(21,15-9-3-1-4-10-15)16-11-5-2-6-12-16/h1-6,9-12,17-18,21H,7-8,13-14,20H2/t17-,18+/m1/s1. The number of hydrogen-bond donors (Lipinski definition) is 2. The largest absolute Gasteiger partial charge is 0.380 e. The Morgan fingerprint density at radius 2 is 1.29 bits per heavy atom. The third-order valence-electron chi connectivity index (χ3n) is 4.78. The molecule has 2 heteroatoms. The van der Waals surface area contributed by atoms with E-state index in [4.69, 9.17) is 5.73 Å². The fourth-order valence-corrected chi connectivity index (χ4v) is 3.66. The van der Waals surface area contributed by atoms with Crippen molar-refractivity contribution in [1.82, 2.24) is 0 Å². The minimum Gasteiger partial charge on any atom is -0.380 e. The monoisotopic (exact) mass is 281 g/mol. The molecule has 21 heavy (non-hydrogen) atoms. The zero-order valence-electron chi connectivity index (χ0n) is 12.3. The second-order valence-corrected chi connectivity index (χ2v) is 6.05. The number of aliphatic hydroxyl groups is 1. The van der Waals surface area contributed by atoms with E-state index < -0.39 is 5.60 Å². The lowest BCUT2D eigenvalue weighted by Gasteiger charge is -2.42. The maximum Gasteiger partial charge on any atom is 0.119 e. The molecule has 2 aromatic carbocycles. The van der Waals surface area contributed by atoms with Crippen LogP contribution in [0.5, 0.6) is 0 Å². The number of rotatable bonds is 3. The van der Waals surface area contributed by atoms with Gasteiger partial charge in [0.15, 0.2) is 0 Å². The first kappa shape index (κ1) is 14.3. The van der Waals surface area contributed by atoms with Gasteiger partial charge >= 0.3 is 0 Å². The summed E-state index contributed by atoms with van der Waals surface area (Å²) in [6, 6.07) is 20.0. The van der Waals surface area contributed by atoms with Crippen molar-refractivity contribution in [3.8, 4) is 0 Å². The Morgan fingerprint density at radius 3 is 1.76 bits per heavy atom. The van der Waals surface area contributed by atoms with Crippen molar-refractivity contribution < 1.29 is 5.11 Å². The van der Waals surface area contributed by atoms with E-state index in [1.807, 2.05) is 60.7 Å². The van der Waals surface area contributed by atoms with Gasteiger partial charge in [-0.05, 0) is 24.0 Å². The minimum absolute atomic E-state index is 0.0455. The van der Waals surface area contributed by atoms with E-state index >= 15 is 0 Å². The SMILES string of the molecule is N[C@H]1CCCC[C@H]1C(O)(c1ccccc1)c1ccccc1. The molecule has 1 fully saturated rings. The third kappa shape index (κ3) is 2.61. The first-order chi connectivity index (χ1) is 10.2. The van der Waals surface area contributed by atoms with Gasteiger partial charge in [-0.15, -0.1) is 0 Å².